The zero-order valence-corrected chi connectivity index (χ0v) is 13.6. The second-order valence-electron chi connectivity index (χ2n) is 5.38. The number of anilines is 1. The molecule has 0 bridgehead atoms. The van der Waals surface area contributed by atoms with Crippen molar-refractivity contribution in [3.05, 3.63) is 29.3 Å². The van der Waals surface area contributed by atoms with Gasteiger partial charge in [0.15, 0.2) is 9.84 Å². The molecule has 5 nitrogen and oxygen atoms in total. The molecule has 1 heterocycles. The summed E-state index contributed by atoms with van der Waals surface area (Å²) < 4.78 is 23.0. The number of carbonyl (C=O) groups excluding carboxylic acids is 1. The van der Waals surface area contributed by atoms with E-state index in [2.05, 4.69) is 5.32 Å². The lowest BCUT2D eigenvalue weighted by Crippen LogP contribution is -2.45. The van der Waals surface area contributed by atoms with Gasteiger partial charge in [-0.3, -0.25) is 4.79 Å². The van der Waals surface area contributed by atoms with Gasteiger partial charge in [0.25, 0.3) is 0 Å². The van der Waals surface area contributed by atoms with Crippen LogP contribution in [0.25, 0.3) is 0 Å². The van der Waals surface area contributed by atoms with Crippen LogP contribution in [-0.4, -0.2) is 49.9 Å². The Morgan fingerprint density at radius 2 is 2.00 bits per heavy atom. The van der Waals surface area contributed by atoms with Crippen LogP contribution in [0.3, 0.4) is 0 Å². The van der Waals surface area contributed by atoms with E-state index in [1.54, 1.807) is 38.2 Å². The summed E-state index contributed by atoms with van der Waals surface area (Å²) in [6, 6.07) is 6.43. The molecule has 0 radical (unpaired) electrons. The van der Waals surface area contributed by atoms with Gasteiger partial charge < -0.3 is 10.2 Å². The summed E-state index contributed by atoms with van der Waals surface area (Å²) in [5.74, 6) is 0.101. The number of amides is 1. The zero-order chi connectivity index (χ0) is 15.6. The summed E-state index contributed by atoms with van der Waals surface area (Å²) in [6.07, 6.45) is 0.512. The molecule has 0 aliphatic carbocycles. The Labute approximate surface area is 130 Å². The van der Waals surface area contributed by atoms with Crippen molar-refractivity contribution in [1.29, 1.82) is 0 Å². The topological polar surface area (TPSA) is 66.5 Å². The number of halogens is 1. The Balaban J connectivity index is 1.97. The van der Waals surface area contributed by atoms with Gasteiger partial charge in [0, 0.05) is 23.8 Å². The number of sulfone groups is 1. The summed E-state index contributed by atoms with van der Waals surface area (Å²) in [7, 11) is -1.33. The van der Waals surface area contributed by atoms with Crippen molar-refractivity contribution in [2.24, 2.45) is 0 Å². The fourth-order valence-electron chi connectivity index (χ4n) is 2.42. The molecule has 1 aliphatic heterocycles. The lowest BCUT2D eigenvalue weighted by atomic mass is 10.2. The van der Waals surface area contributed by atoms with E-state index in [4.69, 9.17) is 11.6 Å². The largest absolute Gasteiger partial charge is 0.374 e. The van der Waals surface area contributed by atoms with E-state index >= 15 is 0 Å². The minimum Gasteiger partial charge on any atom is -0.374 e. The molecule has 1 amide bonds. The molecular formula is C14H19ClN2O3S. The molecule has 1 fully saturated rings. The first-order chi connectivity index (χ1) is 9.78. The quantitative estimate of drug-likeness (QED) is 0.914. The highest BCUT2D eigenvalue weighted by molar-refractivity contribution is 7.91. The van der Waals surface area contributed by atoms with Crippen molar-refractivity contribution in [3.8, 4) is 0 Å². The molecule has 1 aromatic carbocycles. The summed E-state index contributed by atoms with van der Waals surface area (Å²) in [5, 5.41) is 3.73. The predicted octanol–water partition coefficient (Wildman–Crippen LogP) is 1.79. The maximum Gasteiger partial charge on any atom is 0.244 e. The number of hydrogen-bond acceptors (Lipinski definition) is 4. The average molecular weight is 331 g/mol. The normalized spacial score (nSPS) is 21.8. The van der Waals surface area contributed by atoms with Gasteiger partial charge in [-0.25, -0.2) is 8.42 Å². The van der Waals surface area contributed by atoms with Crippen LogP contribution in [0.2, 0.25) is 5.02 Å². The van der Waals surface area contributed by atoms with Gasteiger partial charge >= 0.3 is 0 Å². The monoisotopic (exact) mass is 330 g/mol. The van der Waals surface area contributed by atoms with Gasteiger partial charge in [0.2, 0.25) is 5.91 Å². The summed E-state index contributed by atoms with van der Waals surface area (Å²) >= 11 is 5.81. The highest BCUT2D eigenvalue weighted by Gasteiger charge is 2.33. The van der Waals surface area contributed by atoms with Gasteiger partial charge in [0.05, 0.1) is 11.5 Å². The van der Waals surface area contributed by atoms with Crippen LogP contribution in [0.1, 0.15) is 13.3 Å². The highest BCUT2D eigenvalue weighted by atomic mass is 35.5. The first-order valence-corrected chi connectivity index (χ1v) is 8.97. The second-order valence-corrected chi connectivity index (χ2v) is 8.04. The maximum atomic E-state index is 12.4. The minimum atomic E-state index is -2.99. The van der Waals surface area contributed by atoms with Gasteiger partial charge in [-0.2, -0.15) is 0 Å². The first kappa shape index (κ1) is 16.1. The van der Waals surface area contributed by atoms with Crippen molar-refractivity contribution < 1.29 is 13.2 Å². The first-order valence-electron chi connectivity index (χ1n) is 6.78. The van der Waals surface area contributed by atoms with E-state index in [1.807, 2.05) is 0 Å². The van der Waals surface area contributed by atoms with E-state index in [1.165, 1.54) is 4.90 Å². The van der Waals surface area contributed by atoms with Crippen LogP contribution >= 0.6 is 11.6 Å². The number of carbonyl (C=O) groups is 1. The zero-order valence-electron chi connectivity index (χ0n) is 12.0. The number of nitrogens with zero attached hydrogens (tertiary/aromatic N) is 1. The fourth-order valence-corrected chi connectivity index (χ4v) is 4.32. The second kappa shape index (κ2) is 6.23. The van der Waals surface area contributed by atoms with Gasteiger partial charge in [-0.05, 0) is 37.6 Å². The third-order valence-corrected chi connectivity index (χ3v) is 5.70. The summed E-state index contributed by atoms with van der Waals surface area (Å²) in [6.45, 7) is 1.76. The van der Waals surface area contributed by atoms with Crippen LogP contribution in [0, 0.1) is 0 Å². The smallest absolute Gasteiger partial charge is 0.244 e. The van der Waals surface area contributed by atoms with Crippen molar-refractivity contribution in [2.45, 2.75) is 25.4 Å². The van der Waals surface area contributed by atoms with Crippen LogP contribution in [0.5, 0.6) is 0 Å². The Morgan fingerprint density at radius 1 is 1.38 bits per heavy atom. The SMILES string of the molecule is CC(Nc1ccc(Cl)cc1)C(=O)N(C)C1CCS(=O)(=O)C1. The molecule has 0 spiro atoms. The molecule has 2 rings (SSSR count). The fraction of sp³-hybridized carbons (Fsp3) is 0.500. The van der Waals surface area contributed by atoms with E-state index in [0.717, 1.165) is 5.69 Å². The molecule has 0 saturated carbocycles. The molecule has 116 valence electrons. The minimum absolute atomic E-state index is 0.0584. The molecule has 1 aromatic rings. The van der Waals surface area contributed by atoms with Crippen LogP contribution in [0.4, 0.5) is 5.69 Å². The summed E-state index contributed by atoms with van der Waals surface area (Å²) in [5.41, 5.74) is 0.799. The molecular weight excluding hydrogens is 312 g/mol. The molecule has 2 atom stereocenters. The molecule has 1 aliphatic rings. The molecule has 0 aromatic heterocycles. The molecule has 1 N–H and O–H groups in total. The highest BCUT2D eigenvalue weighted by Crippen LogP contribution is 2.19. The van der Waals surface area contributed by atoms with Gasteiger partial charge in [-0.15, -0.1) is 0 Å². The van der Waals surface area contributed by atoms with E-state index < -0.39 is 15.9 Å². The molecule has 1 saturated heterocycles. The van der Waals surface area contributed by atoms with Crippen LogP contribution < -0.4 is 5.32 Å². The third-order valence-electron chi connectivity index (χ3n) is 3.70. The Bertz CT molecular complexity index is 616. The van der Waals surface area contributed by atoms with Crippen LogP contribution in [0.15, 0.2) is 24.3 Å². The number of rotatable bonds is 4. The van der Waals surface area contributed by atoms with Crippen molar-refractivity contribution in [2.75, 3.05) is 23.9 Å². The Morgan fingerprint density at radius 3 is 2.52 bits per heavy atom. The number of benzene rings is 1. The van der Waals surface area contributed by atoms with E-state index in [9.17, 15) is 13.2 Å². The van der Waals surface area contributed by atoms with Crippen molar-refractivity contribution in [1.82, 2.24) is 4.90 Å². The Kier molecular flexibility index (Phi) is 4.78. The molecule has 2 unspecified atom stereocenters. The third kappa shape index (κ3) is 4.11. The van der Waals surface area contributed by atoms with Crippen molar-refractivity contribution in [3.63, 3.8) is 0 Å². The van der Waals surface area contributed by atoms with Crippen LogP contribution in [-0.2, 0) is 14.6 Å². The number of hydrogen-bond donors (Lipinski definition) is 1. The van der Waals surface area contributed by atoms with Crippen molar-refractivity contribution >= 4 is 33.0 Å². The Hall–Kier alpha value is -1.27. The van der Waals surface area contributed by atoms with E-state index in [-0.39, 0.29) is 23.5 Å². The maximum absolute atomic E-state index is 12.4. The average Bonchev–Trinajstić information content (AvgIpc) is 2.80. The standard InChI is InChI=1S/C14H19ClN2O3S/c1-10(16-12-5-3-11(15)4-6-12)14(18)17(2)13-7-8-21(19,20)9-13/h3-6,10,13,16H,7-9H2,1-2H3. The predicted molar refractivity (Wildman–Crippen MR) is 84.4 cm³/mol. The van der Waals surface area contributed by atoms with Gasteiger partial charge in [0.1, 0.15) is 6.04 Å². The van der Waals surface area contributed by atoms with E-state index in [0.29, 0.717) is 11.4 Å². The lowest BCUT2D eigenvalue weighted by Gasteiger charge is -2.27. The van der Waals surface area contributed by atoms with Gasteiger partial charge in [-0.1, -0.05) is 11.6 Å². The summed E-state index contributed by atoms with van der Waals surface area (Å²) in [4.78, 5) is 13.9. The number of nitrogens with one attached hydrogen (secondary N) is 1. The number of likely N-dealkylation sites (N-methyl/N-ethyl adjacent to an activating group) is 1. The molecule has 21 heavy (non-hydrogen) atoms. The molecule has 7 heteroatoms. The lowest BCUT2D eigenvalue weighted by molar-refractivity contribution is -0.132.